The van der Waals surface area contributed by atoms with E-state index in [1.165, 1.54) is 20.3 Å². The van der Waals surface area contributed by atoms with Crippen LogP contribution < -0.4 is 14.8 Å². The first-order valence-corrected chi connectivity index (χ1v) is 10.9. The van der Waals surface area contributed by atoms with E-state index in [-0.39, 0.29) is 32.3 Å². The van der Waals surface area contributed by atoms with Crippen LogP contribution in [0.2, 0.25) is 10.0 Å². The molecule has 0 unspecified atom stereocenters. The van der Waals surface area contributed by atoms with Gasteiger partial charge in [0, 0.05) is 5.56 Å². The van der Waals surface area contributed by atoms with Crippen molar-refractivity contribution in [3.05, 3.63) is 58.2 Å². The molecule has 6 nitrogen and oxygen atoms in total. The van der Waals surface area contributed by atoms with Gasteiger partial charge in [0.05, 0.1) is 41.4 Å². The van der Waals surface area contributed by atoms with Gasteiger partial charge >= 0.3 is 6.18 Å². The van der Waals surface area contributed by atoms with Crippen LogP contribution in [-0.4, -0.2) is 35.8 Å². The number of carbonyl (C=O) groups is 1. The van der Waals surface area contributed by atoms with E-state index in [0.29, 0.717) is 17.1 Å². The summed E-state index contributed by atoms with van der Waals surface area (Å²) in [5, 5.41) is 2.74. The van der Waals surface area contributed by atoms with Gasteiger partial charge in [0.2, 0.25) is 5.91 Å². The molecule has 2 aromatic carbocycles. The molecule has 0 atom stereocenters. The number of hydrogen-bond donors (Lipinski definition) is 1. The van der Waals surface area contributed by atoms with E-state index in [9.17, 15) is 18.0 Å². The molecule has 174 valence electrons. The zero-order valence-electron chi connectivity index (χ0n) is 17.2. The minimum Gasteiger partial charge on any atom is -0.493 e. The van der Waals surface area contributed by atoms with Gasteiger partial charge in [0.1, 0.15) is 5.69 Å². The third-order valence-electron chi connectivity index (χ3n) is 4.23. The van der Waals surface area contributed by atoms with Gasteiger partial charge in [-0.1, -0.05) is 41.0 Å². The summed E-state index contributed by atoms with van der Waals surface area (Å²) < 4.78 is 50.7. The molecule has 0 bridgehead atoms. The van der Waals surface area contributed by atoms with Crippen molar-refractivity contribution in [2.75, 3.05) is 25.3 Å². The molecule has 0 aliphatic rings. The summed E-state index contributed by atoms with van der Waals surface area (Å²) in [4.78, 5) is 20.0. The van der Waals surface area contributed by atoms with Crippen LogP contribution in [0.3, 0.4) is 0 Å². The number of amides is 1. The summed E-state index contributed by atoms with van der Waals surface area (Å²) in [7, 11) is 2.86. The molecule has 0 saturated heterocycles. The molecule has 1 heterocycles. The first-order valence-electron chi connectivity index (χ1n) is 9.17. The predicted molar refractivity (Wildman–Crippen MR) is 121 cm³/mol. The molecule has 0 radical (unpaired) electrons. The number of benzene rings is 2. The summed E-state index contributed by atoms with van der Waals surface area (Å²) >= 11 is 12.7. The van der Waals surface area contributed by atoms with Gasteiger partial charge < -0.3 is 14.8 Å². The topological polar surface area (TPSA) is 73.3 Å². The molecule has 3 rings (SSSR count). The van der Waals surface area contributed by atoms with Crippen molar-refractivity contribution >= 4 is 46.6 Å². The number of methoxy groups -OCH3 is 2. The Kier molecular flexibility index (Phi) is 7.93. The molecule has 1 amide bonds. The maximum Gasteiger partial charge on any atom is 0.433 e. The number of rotatable bonds is 7. The zero-order valence-corrected chi connectivity index (χ0v) is 19.5. The summed E-state index contributed by atoms with van der Waals surface area (Å²) in [6.07, 6.45) is -4.71. The monoisotopic (exact) mass is 517 g/mol. The van der Waals surface area contributed by atoms with Crippen molar-refractivity contribution in [1.29, 1.82) is 0 Å². The van der Waals surface area contributed by atoms with Gasteiger partial charge in [0.15, 0.2) is 16.7 Å². The van der Waals surface area contributed by atoms with Crippen molar-refractivity contribution in [1.82, 2.24) is 9.97 Å². The van der Waals surface area contributed by atoms with Crippen LogP contribution in [0.1, 0.15) is 5.69 Å². The Morgan fingerprint density at radius 3 is 2.45 bits per heavy atom. The van der Waals surface area contributed by atoms with Gasteiger partial charge in [-0.3, -0.25) is 4.79 Å². The molecule has 12 heteroatoms. The third kappa shape index (κ3) is 6.21. The Labute approximate surface area is 201 Å². The molecule has 0 aliphatic heterocycles. The number of carbonyl (C=O) groups excluding carboxylic acids is 1. The lowest BCUT2D eigenvalue weighted by Gasteiger charge is -2.12. The van der Waals surface area contributed by atoms with Gasteiger partial charge in [-0.2, -0.15) is 13.2 Å². The smallest absolute Gasteiger partial charge is 0.433 e. The molecule has 0 saturated carbocycles. The molecular weight excluding hydrogens is 502 g/mol. The van der Waals surface area contributed by atoms with Crippen molar-refractivity contribution in [2.24, 2.45) is 0 Å². The fourth-order valence-electron chi connectivity index (χ4n) is 2.70. The Hall–Kier alpha value is -2.69. The molecule has 0 spiro atoms. The maximum atomic E-state index is 13.4. The van der Waals surface area contributed by atoms with E-state index in [1.807, 2.05) is 0 Å². The summed E-state index contributed by atoms with van der Waals surface area (Å²) in [6.45, 7) is 0. The van der Waals surface area contributed by atoms with Crippen LogP contribution in [0.25, 0.3) is 11.3 Å². The highest BCUT2D eigenvalue weighted by Crippen LogP contribution is 2.35. The average Bonchev–Trinajstić information content (AvgIpc) is 2.79. The number of aromatic nitrogens is 2. The summed E-state index contributed by atoms with van der Waals surface area (Å²) in [5.41, 5.74) is -0.481. The largest absolute Gasteiger partial charge is 0.493 e. The lowest BCUT2D eigenvalue weighted by atomic mass is 10.1. The van der Waals surface area contributed by atoms with E-state index in [4.69, 9.17) is 32.7 Å². The van der Waals surface area contributed by atoms with Crippen molar-refractivity contribution in [2.45, 2.75) is 11.3 Å². The Morgan fingerprint density at radius 1 is 1.06 bits per heavy atom. The fourth-order valence-corrected chi connectivity index (χ4v) is 3.70. The first-order chi connectivity index (χ1) is 15.6. The molecule has 1 aromatic heterocycles. The summed E-state index contributed by atoms with van der Waals surface area (Å²) in [5.74, 6) is -0.0282. The molecule has 0 aliphatic carbocycles. The van der Waals surface area contributed by atoms with E-state index in [2.05, 4.69) is 15.3 Å². The maximum absolute atomic E-state index is 13.4. The number of nitrogens with zero attached hydrogens (tertiary/aromatic N) is 2. The van der Waals surface area contributed by atoms with E-state index in [1.54, 1.807) is 30.3 Å². The number of thioether (sulfide) groups is 1. The van der Waals surface area contributed by atoms with Crippen LogP contribution in [0.5, 0.6) is 11.5 Å². The number of nitrogens with one attached hydrogen (secondary N) is 1. The third-order valence-corrected chi connectivity index (χ3v) is 5.90. The Bertz CT molecular complexity index is 1180. The normalized spacial score (nSPS) is 11.2. The highest BCUT2D eigenvalue weighted by Gasteiger charge is 2.34. The van der Waals surface area contributed by atoms with Gasteiger partial charge in [-0.25, -0.2) is 9.97 Å². The fraction of sp³-hybridized carbons (Fsp3) is 0.190. The van der Waals surface area contributed by atoms with Gasteiger partial charge in [-0.15, -0.1) is 0 Å². The Balaban J connectivity index is 1.86. The lowest BCUT2D eigenvalue weighted by Crippen LogP contribution is -2.15. The van der Waals surface area contributed by atoms with Gasteiger partial charge in [-0.05, 0) is 36.4 Å². The van der Waals surface area contributed by atoms with Crippen LogP contribution in [0, 0.1) is 0 Å². The summed E-state index contributed by atoms with van der Waals surface area (Å²) in [6, 6.07) is 10.1. The molecule has 3 aromatic rings. The number of hydrogen-bond acceptors (Lipinski definition) is 6. The van der Waals surface area contributed by atoms with E-state index >= 15 is 0 Å². The minimum absolute atomic E-state index is 0.0130. The number of alkyl halides is 3. The zero-order chi connectivity index (χ0) is 24.2. The van der Waals surface area contributed by atoms with E-state index in [0.717, 1.165) is 17.8 Å². The van der Waals surface area contributed by atoms with Crippen molar-refractivity contribution < 1.29 is 27.4 Å². The van der Waals surface area contributed by atoms with Crippen LogP contribution in [-0.2, 0) is 11.0 Å². The SMILES string of the molecule is COc1ccc(-c2cc(C(F)(F)F)nc(SCC(=O)Nc3cccc(Cl)c3Cl)n2)cc1OC. The second-order valence-corrected chi connectivity index (χ2v) is 8.15. The van der Waals surface area contributed by atoms with Crippen molar-refractivity contribution in [3.8, 4) is 22.8 Å². The quantitative estimate of drug-likeness (QED) is 0.296. The number of halogens is 5. The highest BCUT2D eigenvalue weighted by molar-refractivity contribution is 7.99. The average molecular weight is 518 g/mol. The van der Waals surface area contributed by atoms with E-state index < -0.39 is 17.8 Å². The molecular formula is C21H16Cl2F3N3O3S. The first kappa shape index (κ1) is 24.9. The second-order valence-electron chi connectivity index (χ2n) is 6.43. The van der Waals surface area contributed by atoms with Crippen LogP contribution in [0.4, 0.5) is 18.9 Å². The Morgan fingerprint density at radius 2 is 1.79 bits per heavy atom. The number of anilines is 1. The predicted octanol–water partition coefficient (Wildman–Crippen LogP) is 6.22. The molecule has 1 N–H and O–H groups in total. The number of ether oxygens (including phenoxy) is 2. The van der Waals surface area contributed by atoms with Crippen molar-refractivity contribution in [3.63, 3.8) is 0 Å². The second kappa shape index (κ2) is 10.5. The minimum atomic E-state index is -4.71. The molecule has 33 heavy (non-hydrogen) atoms. The standard InChI is InChI=1S/C21H16Cl2F3N3O3S/c1-31-15-7-6-11(8-16(15)32-2)14-9-17(21(24,25)26)29-20(28-14)33-10-18(30)27-13-5-3-4-12(22)19(13)23/h3-9H,10H2,1-2H3,(H,27,30). The lowest BCUT2D eigenvalue weighted by molar-refractivity contribution is -0.141. The highest BCUT2D eigenvalue weighted by atomic mass is 35.5. The van der Waals surface area contributed by atoms with Crippen LogP contribution in [0.15, 0.2) is 47.6 Å². The van der Waals surface area contributed by atoms with Crippen LogP contribution >= 0.6 is 35.0 Å². The molecule has 0 fully saturated rings. The van der Waals surface area contributed by atoms with Gasteiger partial charge in [0.25, 0.3) is 0 Å².